The minimum Gasteiger partial charge on any atom is -0.461 e. The van der Waals surface area contributed by atoms with E-state index in [0.717, 1.165) is 40.8 Å². The van der Waals surface area contributed by atoms with Crippen molar-refractivity contribution in [3.8, 4) is 0 Å². The Morgan fingerprint density at radius 2 is 1.83 bits per heavy atom. The molecule has 35 heavy (non-hydrogen) atoms. The number of Topliss-reactive ketones (excluding diaryl/α,β-unsaturated/α-hetero) is 1. The van der Waals surface area contributed by atoms with Crippen LogP contribution in [0, 0.1) is 19.8 Å². The zero-order valence-corrected chi connectivity index (χ0v) is 19.6. The number of carbonyl (C=O) groups is 3. The van der Waals surface area contributed by atoms with Gasteiger partial charge < -0.3 is 15.1 Å². The smallest absolute Gasteiger partial charge is 0.250 e. The fourth-order valence-corrected chi connectivity index (χ4v) is 7.42. The molecule has 4 aliphatic rings. The van der Waals surface area contributed by atoms with E-state index in [-0.39, 0.29) is 29.4 Å². The molecule has 176 valence electrons. The highest BCUT2D eigenvalue weighted by Crippen LogP contribution is 2.66. The van der Waals surface area contributed by atoms with Crippen molar-refractivity contribution in [3.05, 3.63) is 82.8 Å². The molecule has 2 spiro atoms. The van der Waals surface area contributed by atoms with Gasteiger partial charge in [0.15, 0.2) is 5.76 Å². The summed E-state index contributed by atoms with van der Waals surface area (Å²) in [5, 5.41) is 6.19. The number of fused-ring (bicyclic) bond motifs is 7. The second kappa shape index (κ2) is 6.70. The Balaban J connectivity index is 1.60. The number of ketones is 1. The molecule has 2 fully saturated rings. The van der Waals surface area contributed by atoms with E-state index in [9.17, 15) is 14.4 Å². The summed E-state index contributed by atoms with van der Waals surface area (Å²) in [6.45, 7) is 4.62. The van der Waals surface area contributed by atoms with Crippen LogP contribution in [0.1, 0.15) is 45.7 Å². The number of anilines is 2. The highest BCUT2D eigenvalue weighted by atomic mass is 16.3. The van der Waals surface area contributed by atoms with E-state index < -0.39 is 16.9 Å². The lowest BCUT2D eigenvalue weighted by Gasteiger charge is -2.37. The number of amides is 2. The van der Waals surface area contributed by atoms with Crippen molar-refractivity contribution in [2.75, 3.05) is 17.2 Å². The van der Waals surface area contributed by atoms with Gasteiger partial charge in [-0.3, -0.25) is 19.3 Å². The average Bonchev–Trinajstić information content (AvgIpc) is 3.65. The largest absolute Gasteiger partial charge is 0.461 e. The summed E-state index contributed by atoms with van der Waals surface area (Å²) in [7, 11) is 0. The molecule has 0 bridgehead atoms. The van der Waals surface area contributed by atoms with Gasteiger partial charge in [0.05, 0.1) is 12.2 Å². The molecular weight excluding hydrogens is 442 g/mol. The Morgan fingerprint density at radius 3 is 2.63 bits per heavy atom. The molecule has 7 heteroatoms. The average molecular weight is 468 g/mol. The van der Waals surface area contributed by atoms with E-state index in [1.165, 1.54) is 6.26 Å². The van der Waals surface area contributed by atoms with Gasteiger partial charge in [0.2, 0.25) is 17.6 Å². The first-order valence-corrected chi connectivity index (χ1v) is 12.1. The predicted molar refractivity (Wildman–Crippen MR) is 129 cm³/mol. The summed E-state index contributed by atoms with van der Waals surface area (Å²) < 4.78 is 5.59. The quantitative estimate of drug-likeness (QED) is 0.558. The van der Waals surface area contributed by atoms with Crippen molar-refractivity contribution in [1.29, 1.82) is 0 Å². The topological polar surface area (TPSA) is 91.6 Å². The van der Waals surface area contributed by atoms with E-state index in [4.69, 9.17) is 4.42 Å². The van der Waals surface area contributed by atoms with Crippen LogP contribution in [0.15, 0.2) is 59.2 Å². The molecule has 5 heterocycles. The van der Waals surface area contributed by atoms with Crippen molar-refractivity contribution < 1.29 is 18.8 Å². The molecule has 2 aromatic carbocycles. The molecule has 4 aliphatic heterocycles. The fourth-order valence-electron chi connectivity index (χ4n) is 7.42. The molecule has 1 aromatic heterocycles. The van der Waals surface area contributed by atoms with Crippen LogP contribution in [-0.2, 0) is 20.5 Å². The zero-order chi connectivity index (χ0) is 24.1. The maximum Gasteiger partial charge on any atom is 0.250 e. The van der Waals surface area contributed by atoms with E-state index in [1.54, 1.807) is 12.1 Å². The first-order valence-electron chi connectivity index (χ1n) is 12.1. The fraction of sp³-hybridized carbons (Fsp3) is 0.321. The number of benzene rings is 2. The molecule has 2 amide bonds. The number of nitrogens with one attached hydrogen (secondary N) is 2. The van der Waals surface area contributed by atoms with Gasteiger partial charge in [-0.2, -0.15) is 0 Å². The summed E-state index contributed by atoms with van der Waals surface area (Å²) in [4.78, 5) is 44.9. The van der Waals surface area contributed by atoms with Gasteiger partial charge >= 0.3 is 0 Å². The SMILES string of the molecule is Cc1ccc2c(c1C)NC(=O)[C@]21[C@@H](C(=O)c2ccco2)[C@]2(C(=O)Nc3ccccc32)[C@@H]2CCCN21. The van der Waals surface area contributed by atoms with Crippen LogP contribution in [0.25, 0.3) is 0 Å². The highest BCUT2D eigenvalue weighted by Gasteiger charge is 2.79. The van der Waals surface area contributed by atoms with Crippen molar-refractivity contribution in [2.45, 2.75) is 43.7 Å². The lowest BCUT2D eigenvalue weighted by molar-refractivity contribution is -0.128. The van der Waals surface area contributed by atoms with E-state index in [2.05, 4.69) is 15.5 Å². The van der Waals surface area contributed by atoms with E-state index in [1.807, 2.05) is 50.2 Å². The maximum absolute atomic E-state index is 14.4. The lowest BCUT2D eigenvalue weighted by atomic mass is 9.60. The Labute approximate surface area is 202 Å². The monoisotopic (exact) mass is 467 g/mol. The molecule has 7 nitrogen and oxygen atoms in total. The van der Waals surface area contributed by atoms with Crippen LogP contribution in [-0.4, -0.2) is 35.1 Å². The minimum atomic E-state index is -1.31. The molecule has 7 rings (SSSR count). The minimum absolute atomic E-state index is 0.164. The number of hydrogen-bond acceptors (Lipinski definition) is 5. The Kier molecular flexibility index (Phi) is 3.95. The van der Waals surface area contributed by atoms with Gasteiger partial charge in [-0.05, 0) is 68.1 Å². The van der Waals surface area contributed by atoms with Crippen molar-refractivity contribution in [3.63, 3.8) is 0 Å². The number of rotatable bonds is 2. The maximum atomic E-state index is 14.4. The number of furan rings is 1. The third-order valence-corrected chi connectivity index (χ3v) is 8.86. The Hall–Kier alpha value is -3.71. The molecule has 0 aliphatic carbocycles. The van der Waals surface area contributed by atoms with Crippen LogP contribution >= 0.6 is 0 Å². The summed E-state index contributed by atoms with van der Waals surface area (Å²) in [6.07, 6.45) is 3.03. The number of aryl methyl sites for hydroxylation is 1. The summed E-state index contributed by atoms with van der Waals surface area (Å²) in [6, 6.07) is 14.5. The first-order chi connectivity index (χ1) is 16.9. The molecule has 0 saturated carbocycles. The van der Waals surface area contributed by atoms with Crippen molar-refractivity contribution in [1.82, 2.24) is 4.90 Å². The Bertz CT molecular complexity index is 1440. The number of carbonyl (C=O) groups excluding carboxylic acids is 3. The summed E-state index contributed by atoms with van der Waals surface area (Å²) in [5.74, 6) is -1.61. The van der Waals surface area contributed by atoms with Crippen molar-refractivity contribution >= 4 is 29.0 Å². The Morgan fingerprint density at radius 1 is 1.00 bits per heavy atom. The number of hydrogen-bond donors (Lipinski definition) is 2. The second-order valence-corrected chi connectivity index (χ2v) is 10.1. The molecule has 2 N–H and O–H groups in total. The number of para-hydroxylation sites is 1. The van der Waals surface area contributed by atoms with Crippen molar-refractivity contribution in [2.24, 2.45) is 5.92 Å². The van der Waals surface area contributed by atoms with Crippen LogP contribution in [0.5, 0.6) is 0 Å². The van der Waals surface area contributed by atoms with Gasteiger partial charge in [-0.1, -0.05) is 30.3 Å². The van der Waals surface area contributed by atoms with Crippen LogP contribution in [0.2, 0.25) is 0 Å². The van der Waals surface area contributed by atoms with Gasteiger partial charge in [-0.25, -0.2) is 0 Å². The summed E-state index contributed by atoms with van der Waals surface area (Å²) in [5.41, 5.74) is 2.53. The molecule has 3 aromatic rings. The van der Waals surface area contributed by atoms with E-state index in [0.29, 0.717) is 12.2 Å². The molecule has 2 saturated heterocycles. The van der Waals surface area contributed by atoms with Gasteiger partial charge in [0, 0.05) is 23.0 Å². The normalized spacial score (nSPS) is 30.5. The third kappa shape index (κ3) is 2.19. The molecule has 4 atom stereocenters. The zero-order valence-electron chi connectivity index (χ0n) is 19.6. The van der Waals surface area contributed by atoms with E-state index >= 15 is 0 Å². The highest BCUT2D eigenvalue weighted by molar-refractivity contribution is 6.18. The van der Waals surface area contributed by atoms with Gasteiger partial charge in [0.1, 0.15) is 11.0 Å². The first kappa shape index (κ1) is 20.6. The van der Waals surface area contributed by atoms with Gasteiger partial charge in [-0.15, -0.1) is 0 Å². The molecule has 0 radical (unpaired) electrons. The second-order valence-electron chi connectivity index (χ2n) is 10.1. The summed E-state index contributed by atoms with van der Waals surface area (Å²) >= 11 is 0. The van der Waals surface area contributed by atoms with Crippen LogP contribution in [0.4, 0.5) is 11.4 Å². The number of nitrogens with zero attached hydrogens (tertiary/aromatic N) is 1. The van der Waals surface area contributed by atoms with Gasteiger partial charge in [0.25, 0.3) is 0 Å². The predicted octanol–water partition coefficient (Wildman–Crippen LogP) is 3.91. The lowest BCUT2D eigenvalue weighted by Crippen LogP contribution is -2.55. The standard InChI is InChI=1S/C28H25N3O4/c1-15-11-12-18-22(16(15)2)30-26(34)28(18)24(23(32)20-9-6-14-35-20)27(21-10-5-13-31(21)28)17-7-3-4-8-19(17)29-25(27)33/h3-4,6-9,11-12,14,21,24H,5,10,13H2,1-2H3,(H,29,33)(H,30,34)/t21-,24-,27+,28+/m0/s1. The molecule has 0 unspecified atom stereocenters. The van der Waals surface area contributed by atoms with Crippen LogP contribution < -0.4 is 10.6 Å². The third-order valence-electron chi connectivity index (χ3n) is 8.86. The van der Waals surface area contributed by atoms with Crippen LogP contribution in [0.3, 0.4) is 0 Å². The molecular formula is C28H25N3O4.